The largest absolute Gasteiger partial charge is 0.481 e. The topological polar surface area (TPSA) is 63.6 Å². The Labute approximate surface area is 185 Å². The minimum atomic E-state index is -0.787. The molecule has 0 saturated heterocycles. The van der Waals surface area contributed by atoms with E-state index in [-0.39, 0.29) is 18.5 Å². The Bertz CT molecular complexity index is 468. The van der Waals surface area contributed by atoms with Crippen molar-refractivity contribution in [1.29, 1.82) is 0 Å². The molecule has 0 radical (unpaired) electrons. The van der Waals surface area contributed by atoms with E-state index in [4.69, 9.17) is 9.84 Å². The van der Waals surface area contributed by atoms with Crippen LogP contribution in [0, 0.1) is 0 Å². The number of unbranched alkanes of at least 4 members (excludes halogenated alkanes) is 8. The van der Waals surface area contributed by atoms with Crippen LogP contribution in [0.15, 0.2) is 24.3 Å². The van der Waals surface area contributed by atoms with Crippen molar-refractivity contribution in [3.05, 3.63) is 24.3 Å². The van der Waals surface area contributed by atoms with Gasteiger partial charge in [-0.1, -0.05) is 83.1 Å². The summed E-state index contributed by atoms with van der Waals surface area (Å²) >= 11 is 0. The van der Waals surface area contributed by atoms with Crippen molar-refractivity contribution in [2.45, 2.75) is 129 Å². The molecule has 0 aromatic heterocycles. The summed E-state index contributed by atoms with van der Waals surface area (Å²) in [6.07, 6.45) is 25.1. The van der Waals surface area contributed by atoms with Crippen LogP contribution in [0.3, 0.4) is 0 Å². The SMILES string of the molecule is CCCC/C=C\C/C=C\CCCCCCCC(=O)OC(CCCC)CCCC(=O)O. The highest BCUT2D eigenvalue weighted by Crippen LogP contribution is 2.15. The lowest BCUT2D eigenvalue weighted by Gasteiger charge is -2.17. The minimum absolute atomic E-state index is 0.120. The van der Waals surface area contributed by atoms with Crippen molar-refractivity contribution in [2.24, 2.45) is 0 Å². The molecule has 1 unspecified atom stereocenters. The number of aliphatic carboxylic acids is 1. The highest BCUT2D eigenvalue weighted by atomic mass is 16.5. The number of carboxylic acid groups (broad SMARTS) is 1. The van der Waals surface area contributed by atoms with Crippen molar-refractivity contribution in [1.82, 2.24) is 0 Å². The predicted octanol–water partition coefficient (Wildman–Crippen LogP) is 7.77. The zero-order chi connectivity index (χ0) is 22.3. The van der Waals surface area contributed by atoms with Gasteiger partial charge in [-0.05, 0) is 51.4 Å². The number of carbonyl (C=O) groups excluding carboxylic acids is 1. The van der Waals surface area contributed by atoms with Gasteiger partial charge in [0.15, 0.2) is 0 Å². The van der Waals surface area contributed by atoms with E-state index >= 15 is 0 Å². The monoisotopic (exact) mass is 422 g/mol. The Hall–Kier alpha value is -1.58. The van der Waals surface area contributed by atoms with Crippen LogP contribution >= 0.6 is 0 Å². The number of esters is 1. The van der Waals surface area contributed by atoms with E-state index in [1.54, 1.807) is 0 Å². The molecule has 0 rings (SSSR count). The average Bonchev–Trinajstić information content (AvgIpc) is 2.71. The number of allylic oxidation sites excluding steroid dienone is 4. The molecule has 0 aromatic carbocycles. The van der Waals surface area contributed by atoms with E-state index in [0.29, 0.717) is 19.3 Å². The third-order valence-electron chi connectivity index (χ3n) is 5.18. The van der Waals surface area contributed by atoms with Gasteiger partial charge in [-0.25, -0.2) is 0 Å². The Kier molecular flexibility index (Phi) is 20.9. The summed E-state index contributed by atoms with van der Waals surface area (Å²) in [5.74, 6) is -0.911. The van der Waals surface area contributed by atoms with Gasteiger partial charge in [-0.2, -0.15) is 0 Å². The smallest absolute Gasteiger partial charge is 0.306 e. The number of carboxylic acids is 1. The van der Waals surface area contributed by atoms with Gasteiger partial charge in [0, 0.05) is 12.8 Å². The zero-order valence-corrected chi connectivity index (χ0v) is 19.6. The van der Waals surface area contributed by atoms with Gasteiger partial charge in [-0.3, -0.25) is 9.59 Å². The molecule has 0 spiro atoms. The van der Waals surface area contributed by atoms with E-state index in [1.165, 1.54) is 32.1 Å². The van der Waals surface area contributed by atoms with Crippen LogP contribution in [-0.2, 0) is 14.3 Å². The minimum Gasteiger partial charge on any atom is -0.481 e. The van der Waals surface area contributed by atoms with Gasteiger partial charge in [0.1, 0.15) is 6.10 Å². The number of carbonyl (C=O) groups is 2. The Morgan fingerprint density at radius 2 is 1.33 bits per heavy atom. The van der Waals surface area contributed by atoms with E-state index in [2.05, 4.69) is 38.2 Å². The summed E-state index contributed by atoms with van der Waals surface area (Å²) in [5, 5.41) is 8.77. The van der Waals surface area contributed by atoms with E-state index in [0.717, 1.165) is 51.4 Å². The quantitative estimate of drug-likeness (QED) is 0.117. The molecular formula is C26H46O4. The van der Waals surface area contributed by atoms with E-state index in [9.17, 15) is 9.59 Å². The van der Waals surface area contributed by atoms with E-state index < -0.39 is 5.97 Å². The summed E-state index contributed by atoms with van der Waals surface area (Å²) in [4.78, 5) is 22.7. The fourth-order valence-corrected chi connectivity index (χ4v) is 3.31. The summed E-state index contributed by atoms with van der Waals surface area (Å²) < 4.78 is 5.60. The van der Waals surface area contributed by atoms with Gasteiger partial charge in [0.05, 0.1) is 0 Å². The van der Waals surface area contributed by atoms with Gasteiger partial charge in [0.25, 0.3) is 0 Å². The van der Waals surface area contributed by atoms with E-state index in [1.807, 2.05) is 0 Å². The molecule has 1 N–H and O–H groups in total. The van der Waals surface area contributed by atoms with Crippen LogP contribution in [0.25, 0.3) is 0 Å². The van der Waals surface area contributed by atoms with Crippen molar-refractivity contribution >= 4 is 11.9 Å². The highest BCUT2D eigenvalue weighted by molar-refractivity contribution is 5.69. The molecule has 0 fully saturated rings. The molecular weight excluding hydrogens is 376 g/mol. The lowest BCUT2D eigenvalue weighted by Crippen LogP contribution is -2.18. The van der Waals surface area contributed by atoms with Gasteiger partial charge >= 0.3 is 11.9 Å². The first-order valence-corrected chi connectivity index (χ1v) is 12.3. The van der Waals surface area contributed by atoms with Crippen molar-refractivity contribution in [3.63, 3.8) is 0 Å². The van der Waals surface area contributed by atoms with Gasteiger partial charge < -0.3 is 9.84 Å². The molecule has 30 heavy (non-hydrogen) atoms. The molecule has 0 saturated carbocycles. The third-order valence-corrected chi connectivity index (χ3v) is 5.18. The maximum atomic E-state index is 12.1. The fourth-order valence-electron chi connectivity index (χ4n) is 3.31. The van der Waals surface area contributed by atoms with Crippen LogP contribution in [0.4, 0.5) is 0 Å². The molecule has 0 aliphatic heterocycles. The molecule has 0 amide bonds. The first kappa shape index (κ1) is 28.4. The second-order valence-corrected chi connectivity index (χ2v) is 8.17. The Balaban J connectivity index is 3.69. The molecule has 0 bridgehead atoms. The lowest BCUT2D eigenvalue weighted by atomic mass is 10.1. The molecule has 1 atom stereocenters. The maximum absolute atomic E-state index is 12.1. The van der Waals surface area contributed by atoms with Crippen LogP contribution in [0.2, 0.25) is 0 Å². The molecule has 4 nitrogen and oxygen atoms in total. The molecule has 0 aliphatic rings. The first-order chi connectivity index (χ1) is 14.6. The fraction of sp³-hybridized carbons (Fsp3) is 0.769. The number of hydrogen-bond acceptors (Lipinski definition) is 3. The Morgan fingerprint density at radius 1 is 0.733 bits per heavy atom. The molecule has 0 heterocycles. The van der Waals surface area contributed by atoms with Gasteiger partial charge in [0.2, 0.25) is 0 Å². The predicted molar refractivity (Wildman–Crippen MR) is 126 cm³/mol. The molecule has 174 valence electrons. The van der Waals surface area contributed by atoms with Crippen LogP contribution in [-0.4, -0.2) is 23.1 Å². The van der Waals surface area contributed by atoms with Crippen molar-refractivity contribution < 1.29 is 19.4 Å². The maximum Gasteiger partial charge on any atom is 0.306 e. The summed E-state index contributed by atoms with van der Waals surface area (Å²) in [7, 11) is 0. The molecule has 0 aliphatic carbocycles. The average molecular weight is 423 g/mol. The van der Waals surface area contributed by atoms with Crippen molar-refractivity contribution in [3.8, 4) is 0 Å². The molecule has 0 aromatic rings. The zero-order valence-electron chi connectivity index (χ0n) is 19.6. The second-order valence-electron chi connectivity index (χ2n) is 8.17. The van der Waals surface area contributed by atoms with Crippen LogP contribution < -0.4 is 0 Å². The number of rotatable bonds is 21. The van der Waals surface area contributed by atoms with Gasteiger partial charge in [-0.15, -0.1) is 0 Å². The van der Waals surface area contributed by atoms with Crippen LogP contribution in [0.1, 0.15) is 123 Å². The van der Waals surface area contributed by atoms with Crippen LogP contribution in [0.5, 0.6) is 0 Å². The number of hydrogen-bond donors (Lipinski definition) is 1. The Morgan fingerprint density at radius 3 is 2.00 bits per heavy atom. The summed E-state index contributed by atoms with van der Waals surface area (Å²) in [5.41, 5.74) is 0. The summed E-state index contributed by atoms with van der Waals surface area (Å²) in [6.45, 7) is 4.33. The standard InChI is InChI=1S/C26H46O4/c1-3-5-7-8-9-10-11-12-13-14-15-16-17-18-23-26(29)30-24(20-6-4-2)21-19-22-25(27)28/h8-9,11-12,24H,3-7,10,13-23H2,1-2H3,(H,27,28)/b9-8-,12-11-. The van der Waals surface area contributed by atoms with Crippen molar-refractivity contribution in [2.75, 3.05) is 0 Å². The number of ether oxygens (including phenoxy) is 1. The lowest BCUT2D eigenvalue weighted by molar-refractivity contribution is -0.150. The second kappa shape index (κ2) is 22.1. The molecule has 4 heteroatoms. The summed E-state index contributed by atoms with van der Waals surface area (Å²) in [6, 6.07) is 0. The first-order valence-electron chi connectivity index (χ1n) is 12.3. The highest BCUT2D eigenvalue weighted by Gasteiger charge is 2.14. The third kappa shape index (κ3) is 21.1. The normalized spacial score (nSPS) is 12.6.